The second kappa shape index (κ2) is 8.24. The van der Waals surface area contributed by atoms with Gasteiger partial charge in [0.25, 0.3) is 0 Å². The molecule has 3 heterocycles. The van der Waals surface area contributed by atoms with Crippen molar-refractivity contribution in [2.24, 2.45) is 5.92 Å². The minimum absolute atomic E-state index is 0.00249. The number of aryl methyl sites for hydroxylation is 1. The largest absolute Gasteiger partial charge is 0.354 e. The Labute approximate surface area is 172 Å². The lowest BCUT2D eigenvalue weighted by Gasteiger charge is -2.32. The number of hydrogen-bond donors (Lipinski definition) is 1. The molecule has 1 saturated heterocycles. The summed E-state index contributed by atoms with van der Waals surface area (Å²) >= 11 is 7.26. The number of carbonyl (C=O) groups excluding carboxylic acids is 1. The van der Waals surface area contributed by atoms with E-state index in [0.717, 1.165) is 42.0 Å². The summed E-state index contributed by atoms with van der Waals surface area (Å²) in [5, 5.41) is 14.0. The molecule has 0 bridgehead atoms. The molecule has 1 aromatic carbocycles. The van der Waals surface area contributed by atoms with Gasteiger partial charge in [-0.05, 0) is 37.5 Å². The molecule has 0 unspecified atom stereocenters. The number of nitrogens with zero attached hydrogens (tertiary/aromatic N) is 4. The number of benzene rings is 1. The van der Waals surface area contributed by atoms with Crippen molar-refractivity contribution >= 4 is 39.8 Å². The van der Waals surface area contributed by atoms with Crippen LogP contribution in [0.2, 0.25) is 5.15 Å². The van der Waals surface area contributed by atoms with Gasteiger partial charge in [0.05, 0.1) is 11.6 Å². The third-order valence-corrected chi connectivity index (χ3v) is 5.85. The van der Waals surface area contributed by atoms with Crippen molar-refractivity contribution in [1.82, 2.24) is 15.2 Å². The second-order valence-electron chi connectivity index (χ2n) is 6.84. The molecule has 28 heavy (non-hydrogen) atoms. The maximum Gasteiger partial charge on any atom is 0.231 e. The van der Waals surface area contributed by atoms with E-state index in [1.807, 2.05) is 29.6 Å². The molecule has 1 fully saturated rings. The predicted octanol–water partition coefficient (Wildman–Crippen LogP) is 4.42. The highest BCUT2D eigenvalue weighted by Gasteiger charge is 2.27. The van der Waals surface area contributed by atoms with E-state index in [1.54, 1.807) is 6.07 Å². The fourth-order valence-electron chi connectivity index (χ4n) is 3.40. The van der Waals surface area contributed by atoms with Crippen molar-refractivity contribution in [2.45, 2.75) is 19.8 Å². The number of hydrogen-bond acceptors (Lipinski definition) is 6. The second-order valence-corrected chi connectivity index (χ2v) is 8.09. The number of anilines is 2. The molecule has 0 spiro atoms. The van der Waals surface area contributed by atoms with Crippen LogP contribution in [0, 0.1) is 12.8 Å². The molecular weight excluding hydrogens is 394 g/mol. The third kappa shape index (κ3) is 4.15. The first-order valence-corrected chi connectivity index (χ1v) is 10.4. The van der Waals surface area contributed by atoms with Crippen LogP contribution in [0.25, 0.3) is 11.3 Å². The van der Waals surface area contributed by atoms with E-state index in [0.29, 0.717) is 16.8 Å². The van der Waals surface area contributed by atoms with Gasteiger partial charge in [-0.3, -0.25) is 4.79 Å². The molecule has 2 aromatic heterocycles. The van der Waals surface area contributed by atoms with Gasteiger partial charge in [0.15, 0.2) is 16.1 Å². The summed E-state index contributed by atoms with van der Waals surface area (Å²) in [7, 11) is 0. The van der Waals surface area contributed by atoms with Gasteiger partial charge in [0, 0.05) is 24.0 Å². The summed E-state index contributed by atoms with van der Waals surface area (Å²) in [6.45, 7) is 3.52. The van der Waals surface area contributed by atoms with Crippen LogP contribution in [0.1, 0.15) is 18.4 Å². The van der Waals surface area contributed by atoms with E-state index < -0.39 is 0 Å². The normalized spacial score (nSPS) is 16.8. The zero-order chi connectivity index (χ0) is 19.5. The van der Waals surface area contributed by atoms with E-state index in [-0.39, 0.29) is 11.8 Å². The summed E-state index contributed by atoms with van der Waals surface area (Å²) in [5.41, 5.74) is 3.14. The van der Waals surface area contributed by atoms with Crippen molar-refractivity contribution in [3.8, 4) is 11.3 Å². The SMILES string of the molecule is Cc1ccccc1-c1csc(NC(=O)[C@H]2CCCN(c3ccc(Cl)nn3)C2)n1. The first-order valence-electron chi connectivity index (χ1n) is 9.17. The van der Waals surface area contributed by atoms with Gasteiger partial charge in [-0.2, -0.15) is 0 Å². The van der Waals surface area contributed by atoms with Crippen molar-refractivity contribution in [3.63, 3.8) is 0 Å². The lowest BCUT2D eigenvalue weighted by atomic mass is 9.97. The van der Waals surface area contributed by atoms with Gasteiger partial charge in [0.2, 0.25) is 5.91 Å². The summed E-state index contributed by atoms with van der Waals surface area (Å²) in [5.74, 6) is 0.632. The molecule has 1 atom stereocenters. The first-order chi connectivity index (χ1) is 13.6. The van der Waals surface area contributed by atoms with Gasteiger partial charge >= 0.3 is 0 Å². The van der Waals surface area contributed by atoms with Crippen molar-refractivity contribution in [3.05, 3.63) is 52.5 Å². The molecule has 1 amide bonds. The highest BCUT2D eigenvalue weighted by molar-refractivity contribution is 7.14. The number of aromatic nitrogens is 3. The molecule has 4 rings (SSSR count). The molecule has 6 nitrogen and oxygen atoms in total. The van der Waals surface area contributed by atoms with E-state index in [1.165, 1.54) is 11.3 Å². The van der Waals surface area contributed by atoms with Crippen molar-refractivity contribution in [2.75, 3.05) is 23.3 Å². The number of thiazole rings is 1. The van der Waals surface area contributed by atoms with Crippen LogP contribution in [-0.4, -0.2) is 34.2 Å². The highest BCUT2D eigenvalue weighted by atomic mass is 35.5. The molecule has 3 aromatic rings. The molecule has 8 heteroatoms. The van der Waals surface area contributed by atoms with Gasteiger partial charge in [-0.25, -0.2) is 4.98 Å². The minimum atomic E-state index is -0.114. The number of rotatable bonds is 4. The highest BCUT2D eigenvalue weighted by Crippen LogP contribution is 2.28. The third-order valence-electron chi connectivity index (χ3n) is 4.89. The molecule has 0 aliphatic carbocycles. The summed E-state index contributed by atoms with van der Waals surface area (Å²) < 4.78 is 0. The van der Waals surface area contributed by atoms with Gasteiger partial charge in [-0.15, -0.1) is 21.5 Å². The Hall–Kier alpha value is -2.51. The monoisotopic (exact) mass is 413 g/mol. The first kappa shape index (κ1) is 18.8. The topological polar surface area (TPSA) is 71.0 Å². The van der Waals surface area contributed by atoms with Crippen LogP contribution < -0.4 is 10.2 Å². The van der Waals surface area contributed by atoms with Crippen LogP contribution >= 0.6 is 22.9 Å². The van der Waals surface area contributed by atoms with Crippen LogP contribution in [0.15, 0.2) is 41.8 Å². The molecular formula is C20H20ClN5OS. The van der Waals surface area contributed by atoms with Crippen LogP contribution in [0.3, 0.4) is 0 Å². The van der Waals surface area contributed by atoms with Gasteiger partial charge in [-0.1, -0.05) is 35.9 Å². The Balaban J connectivity index is 1.42. The molecule has 144 valence electrons. The Morgan fingerprint density at radius 2 is 2.11 bits per heavy atom. The zero-order valence-corrected chi connectivity index (χ0v) is 17.0. The molecule has 1 N–H and O–H groups in total. The van der Waals surface area contributed by atoms with E-state index in [9.17, 15) is 4.79 Å². The molecule has 0 saturated carbocycles. The van der Waals surface area contributed by atoms with Crippen LogP contribution in [0.5, 0.6) is 0 Å². The number of piperidine rings is 1. The van der Waals surface area contributed by atoms with Gasteiger partial charge in [0.1, 0.15) is 0 Å². The Morgan fingerprint density at radius 1 is 1.25 bits per heavy atom. The predicted molar refractivity (Wildman–Crippen MR) is 113 cm³/mol. The number of carbonyl (C=O) groups is 1. The summed E-state index contributed by atoms with van der Waals surface area (Å²) in [4.78, 5) is 19.5. The molecule has 1 aliphatic rings. The fourth-order valence-corrected chi connectivity index (χ4v) is 4.21. The Morgan fingerprint density at radius 3 is 2.89 bits per heavy atom. The Bertz CT molecular complexity index is 975. The average molecular weight is 414 g/mol. The van der Waals surface area contributed by atoms with Crippen molar-refractivity contribution < 1.29 is 4.79 Å². The smallest absolute Gasteiger partial charge is 0.231 e. The maximum atomic E-state index is 12.8. The zero-order valence-electron chi connectivity index (χ0n) is 15.4. The minimum Gasteiger partial charge on any atom is -0.354 e. The fraction of sp³-hybridized carbons (Fsp3) is 0.300. The van der Waals surface area contributed by atoms with E-state index in [4.69, 9.17) is 11.6 Å². The molecule has 0 radical (unpaired) electrons. The van der Waals surface area contributed by atoms with E-state index >= 15 is 0 Å². The number of nitrogens with one attached hydrogen (secondary N) is 1. The Kier molecular flexibility index (Phi) is 5.54. The maximum absolute atomic E-state index is 12.8. The quantitative estimate of drug-likeness (QED) is 0.685. The summed E-state index contributed by atoms with van der Waals surface area (Å²) in [6, 6.07) is 11.7. The number of halogens is 1. The molecule has 1 aliphatic heterocycles. The standard InChI is InChI=1S/C20H20ClN5OS/c1-13-5-2-3-7-15(13)16-12-28-20(22-16)23-19(27)14-6-4-10-26(11-14)18-9-8-17(21)24-25-18/h2-3,5,7-9,12,14H,4,6,10-11H2,1H3,(H,22,23,27)/t14-/m0/s1. The van der Waals surface area contributed by atoms with Crippen LogP contribution in [-0.2, 0) is 4.79 Å². The lowest BCUT2D eigenvalue weighted by molar-refractivity contribution is -0.120. The van der Waals surface area contributed by atoms with Crippen molar-refractivity contribution in [1.29, 1.82) is 0 Å². The average Bonchev–Trinajstić information content (AvgIpc) is 3.17. The van der Waals surface area contributed by atoms with Crippen LogP contribution in [0.4, 0.5) is 10.9 Å². The van der Waals surface area contributed by atoms with E-state index in [2.05, 4.69) is 38.4 Å². The number of amides is 1. The lowest BCUT2D eigenvalue weighted by Crippen LogP contribution is -2.41. The summed E-state index contributed by atoms with van der Waals surface area (Å²) in [6.07, 6.45) is 1.77. The van der Waals surface area contributed by atoms with Gasteiger partial charge < -0.3 is 10.2 Å².